The lowest BCUT2D eigenvalue weighted by Crippen LogP contribution is -1.92. The average molecular weight is 346 g/mol. The smallest absolute Gasteiger partial charge is 0.277 e. The summed E-state index contributed by atoms with van der Waals surface area (Å²) in [5.74, 6) is 1.23. The van der Waals surface area contributed by atoms with Gasteiger partial charge in [-0.2, -0.15) is 0 Å². The van der Waals surface area contributed by atoms with Crippen molar-refractivity contribution in [2.24, 2.45) is 0 Å². The molecule has 2 aromatic carbocycles. The fourth-order valence-electron chi connectivity index (χ4n) is 2.23. The normalized spacial score (nSPS) is 10.5. The van der Waals surface area contributed by atoms with Crippen LogP contribution in [0, 0.1) is 17.0 Å². The minimum atomic E-state index is -0.386. The number of hydrogen-bond donors (Lipinski definition) is 0. The molecule has 0 unspecified atom stereocenters. The van der Waals surface area contributed by atoms with Gasteiger partial charge in [-0.1, -0.05) is 23.7 Å². The molecular weight excluding hydrogens is 334 g/mol. The van der Waals surface area contributed by atoms with E-state index in [0.29, 0.717) is 27.6 Å². The molecule has 1 heterocycles. The average Bonchev–Trinajstić information content (AvgIpc) is 2.99. The van der Waals surface area contributed by atoms with E-state index < -0.39 is 0 Å². The number of nitro benzene ring substituents is 1. The SMILES string of the molecule is Cc1cc(Oc2cscc2-c2ccccc2[N+](=O)[O-])ccc1Cl. The third-order valence-electron chi connectivity index (χ3n) is 3.37. The number of hydrogen-bond acceptors (Lipinski definition) is 4. The second kappa shape index (κ2) is 6.40. The quantitative estimate of drug-likeness (QED) is 0.425. The summed E-state index contributed by atoms with van der Waals surface area (Å²) in [6, 6.07) is 12.0. The first-order chi connectivity index (χ1) is 11.1. The van der Waals surface area contributed by atoms with Crippen LogP contribution in [0.4, 0.5) is 5.69 Å². The topological polar surface area (TPSA) is 52.4 Å². The molecule has 0 N–H and O–H groups in total. The number of nitrogens with zero attached hydrogens (tertiary/aromatic N) is 1. The first kappa shape index (κ1) is 15.5. The second-order valence-electron chi connectivity index (χ2n) is 4.94. The molecule has 0 atom stereocenters. The Morgan fingerprint density at radius 3 is 2.65 bits per heavy atom. The molecule has 0 saturated carbocycles. The highest BCUT2D eigenvalue weighted by atomic mass is 35.5. The fraction of sp³-hybridized carbons (Fsp3) is 0.0588. The fourth-order valence-corrected chi connectivity index (χ4v) is 3.09. The van der Waals surface area contributed by atoms with Crippen LogP contribution in [0.1, 0.15) is 5.56 Å². The first-order valence-corrected chi connectivity index (χ1v) is 8.12. The maximum Gasteiger partial charge on any atom is 0.277 e. The number of aryl methyl sites for hydroxylation is 1. The van der Waals surface area contributed by atoms with Crippen molar-refractivity contribution in [2.45, 2.75) is 6.92 Å². The molecular formula is C17H12ClNO3S. The number of para-hydroxylation sites is 1. The van der Waals surface area contributed by atoms with Crippen molar-refractivity contribution in [3.63, 3.8) is 0 Å². The van der Waals surface area contributed by atoms with E-state index in [-0.39, 0.29) is 10.6 Å². The number of ether oxygens (including phenoxy) is 1. The van der Waals surface area contributed by atoms with Crippen molar-refractivity contribution in [3.8, 4) is 22.6 Å². The first-order valence-electron chi connectivity index (χ1n) is 6.80. The van der Waals surface area contributed by atoms with E-state index in [2.05, 4.69) is 0 Å². The van der Waals surface area contributed by atoms with E-state index in [1.807, 2.05) is 23.8 Å². The lowest BCUT2D eigenvalue weighted by atomic mass is 10.1. The molecule has 0 aliphatic rings. The molecule has 0 saturated heterocycles. The van der Waals surface area contributed by atoms with E-state index >= 15 is 0 Å². The van der Waals surface area contributed by atoms with E-state index in [1.165, 1.54) is 17.4 Å². The van der Waals surface area contributed by atoms with E-state index in [9.17, 15) is 10.1 Å². The molecule has 0 bridgehead atoms. The van der Waals surface area contributed by atoms with Gasteiger partial charge in [-0.3, -0.25) is 10.1 Å². The van der Waals surface area contributed by atoms with Gasteiger partial charge in [-0.15, -0.1) is 11.3 Å². The summed E-state index contributed by atoms with van der Waals surface area (Å²) in [5.41, 5.74) is 2.21. The highest BCUT2D eigenvalue weighted by Crippen LogP contribution is 2.40. The number of halogens is 1. The van der Waals surface area contributed by atoms with Crippen molar-refractivity contribution >= 4 is 28.6 Å². The number of benzene rings is 2. The summed E-state index contributed by atoms with van der Waals surface area (Å²) in [7, 11) is 0. The van der Waals surface area contributed by atoms with Crippen LogP contribution >= 0.6 is 22.9 Å². The van der Waals surface area contributed by atoms with Gasteiger partial charge in [-0.05, 0) is 36.8 Å². The molecule has 0 fully saturated rings. The molecule has 1 aromatic heterocycles. The molecule has 116 valence electrons. The standard InChI is InChI=1S/C17H12ClNO3S/c1-11-8-12(6-7-15(11)18)22-17-10-23-9-14(17)13-4-2-3-5-16(13)19(20)21/h2-10H,1H3. The van der Waals surface area contributed by atoms with Crippen molar-refractivity contribution in [1.82, 2.24) is 0 Å². The summed E-state index contributed by atoms with van der Waals surface area (Å²) in [6.07, 6.45) is 0. The third kappa shape index (κ3) is 3.21. The lowest BCUT2D eigenvalue weighted by Gasteiger charge is -2.09. The Balaban J connectivity index is 2.00. The van der Waals surface area contributed by atoms with Crippen molar-refractivity contribution in [1.29, 1.82) is 0 Å². The number of thiophene rings is 1. The molecule has 6 heteroatoms. The van der Waals surface area contributed by atoms with Crippen LogP contribution in [-0.2, 0) is 0 Å². The molecule has 23 heavy (non-hydrogen) atoms. The molecule has 4 nitrogen and oxygen atoms in total. The Hall–Kier alpha value is -2.37. The van der Waals surface area contributed by atoms with E-state index in [4.69, 9.17) is 16.3 Å². The van der Waals surface area contributed by atoms with Crippen LogP contribution in [0.15, 0.2) is 53.2 Å². The molecule has 0 spiro atoms. The van der Waals surface area contributed by atoms with E-state index in [0.717, 1.165) is 5.56 Å². The van der Waals surface area contributed by atoms with E-state index in [1.54, 1.807) is 30.3 Å². The van der Waals surface area contributed by atoms with Gasteiger partial charge in [0.1, 0.15) is 11.5 Å². The molecule has 0 radical (unpaired) electrons. The van der Waals surface area contributed by atoms with Gasteiger partial charge in [0.15, 0.2) is 0 Å². The van der Waals surface area contributed by atoms with Crippen LogP contribution in [0.3, 0.4) is 0 Å². The van der Waals surface area contributed by atoms with Crippen LogP contribution < -0.4 is 4.74 Å². The van der Waals surface area contributed by atoms with Gasteiger partial charge < -0.3 is 4.74 Å². The summed E-state index contributed by atoms with van der Waals surface area (Å²) in [5, 5.41) is 15.6. The van der Waals surface area contributed by atoms with Crippen LogP contribution in [-0.4, -0.2) is 4.92 Å². The summed E-state index contributed by atoms with van der Waals surface area (Å²) >= 11 is 7.45. The zero-order chi connectivity index (χ0) is 16.4. The summed E-state index contributed by atoms with van der Waals surface area (Å²) < 4.78 is 5.90. The van der Waals surface area contributed by atoms with Gasteiger partial charge in [-0.25, -0.2) is 0 Å². The molecule has 3 rings (SSSR count). The largest absolute Gasteiger partial charge is 0.456 e. The zero-order valence-electron chi connectivity index (χ0n) is 12.2. The van der Waals surface area contributed by atoms with Crippen LogP contribution in [0.25, 0.3) is 11.1 Å². The Morgan fingerprint density at radius 2 is 1.91 bits per heavy atom. The maximum absolute atomic E-state index is 11.2. The van der Waals surface area contributed by atoms with Crippen molar-refractivity contribution < 1.29 is 9.66 Å². The van der Waals surface area contributed by atoms with Gasteiger partial charge in [0.25, 0.3) is 5.69 Å². The molecule has 0 aliphatic heterocycles. The minimum Gasteiger partial charge on any atom is -0.456 e. The Morgan fingerprint density at radius 1 is 1.13 bits per heavy atom. The molecule has 0 aliphatic carbocycles. The summed E-state index contributed by atoms with van der Waals surface area (Å²) in [6.45, 7) is 1.89. The minimum absolute atomic E-state index is 0.0584. The monoisotopic (exact) mass is 345 g/mol. The van der Waals surface area contributed by atoms with Gasteiger partial charge in [0, 0.05) is 27.4 Å². The van der Waals surface area contributed by atoms with Crippen molar-refractivity contribution in [2.75, 3.05) is 0 Å². The lowest BCUT2D eigenvalue weighted by molar-refractivity contribution is -0.384. The highest BCUT2D eigenvalue weighted by Gasteiger charge is 2.19. The predicted molar refractivity (Wildman–Crippen MR) is 92.7 cm³/mol. The van der Waals surface area contributed by atoms with Gasteiger partial charge in [0.05, 0.1) is 10.5 Å². The second-order valence-corrected chi connectivity index (χ2v) is 6.09. The molecule has 3 aromatic rings. The zero-order valence-corrected chi connectivity index (χ0v) is 13.7. The third-order valence-corrected chi connectivity index (χ3v) is 4.52. The Labute approximate surface area is 142 Å². The Bertz CT molecular complexity index is 876. The van der Waals surface area contributed by atoms with Crippen LogP contribution in [0.5, 0.6) is 11.5 Å². The summed E-state index contributed by atoms with van der Waals surface area (Å²) in [4.78, 5) is 10.8. The van der Waals surface area contributed by atoms with Gasteiger partial charge in [0.2, 0.25) is 0 Å². The number of rotatable bonds is 4. The van der Waals surface area contributed by atoms with Crippen LogP contribution in [0.2, 0.25) is 5.02 Å². The highest BCUT2D eigenvalue weighted by molar-refractivity contribution is 7.08. The Kier molecular flexibility index (Phi) is 4.32. The molecule has 0 amide bonds. The maximum atomic E-state index is 11.2. The van der Waals surface area contributed by atoms with Crippen molar-refractivity contribution in [3.05, 3.63) is 73.9 Å². The number of nitro groups is 1. The van der Waals surface area contributed by atoms with Gasteiger partial charge >= 0.3 is 0 Å². The predicted octanol–water partition coefficient (Wildman–Crippen LogP) is 6.08.